The average molecular weight is 287 g/mol. The molecule has 4 aliphatic rings. The maximum absolute atomic E-state index is 13.6. The highest BCUT2D eigenvalue weighted by Gasteiger charge is 2.50. The molecule has 0 aliphatic carbocycles. The largest absolute Gasteiger partial charge is 0.293 e. The van der Waals surface area contributed by atoms with Crippen LogP contribution < -0.4 is 0 Å². The molecule has 110 valence electrons. The van der Waals surface area contributed by atoms with Crippen molar-refractivity contribution in [1.29, 1.82) is 0 Å². The highest BCUT2D eigenvalue weighted by atomic mass is 19.1. The lowest BCUT2D eigenvalue weighted by Gasteiger charge is -2.46. The Morgan fingerprint density at radius 2 is 2.05 bits per heavy atom. The predicted octanol–water partition coefficient (Wildman–Crippen LogP) is 2.18. The minimum absolute atomic E-state index is 0.0771. The lowest BCUT2D eigenvalue weighted by molar-refractivity contribution is -0.131. The van der Waals surface area contributed by atoms with Gasteiger partial charge in [0.05, 0.1) is 11.8 Å². The lowest BCUT2D eigenvalue weighted by atomic mass is 9.78. The van der Waals surface area contributed by atoms with Gasteiger partial charge >= 0.3 is 0 Å². The molecule has 5 heteroatoms. The first-order valence-electron chi connectivity index (χ1n) is 7.53. The van der Waals surface area contributed by atoms with Gasteiger partial charge in [-0.25, -0.2) is 9.40 Å². The number of piperidine rings is 3. The second-order valence-corrected chi connectivity index (χ2v) is 6.14. The van der Waals surface area contributed by atoms with Crippen LogP contribution in [0.3, 0.4) is 0 Å². The number of nitrogens with zero attached hydrogens (tertiary/aromatic N) is 3. The summed E-state index contributed by atoms with van der Waals surface area (Å²) in [7, 11) is 0. The summed E-state index contributed by atoms with van der Waals surface area (Å²) in [5.74, 6) is 0.146. The van der Waals surface area contributed by atoms with Crippen molar-refractivity contribution < 1.29 is 9.18 Å². The molecule has 1 aromatic carbocycles. The Bertz CT molecular complexity index is 622. The van der Waals surface area contributed by atoms with Crippen molar-refractivity contribution >= 4 is 11.6 Å². The molecule has 1 amide bonds. The number of hydrazone groups is 1. The van der Waals surface area contributed by atoms with E-state index in [2.05, 4.69) is 10.0 Å². The van der Waals surface area contributed by atoms with Crippen LogP contribution in [0, 0.1) is 11.7 Å². The maximum atomic E-state index is 13.6. The number of amides is 1. The molecule has 21 heavy (non-hydrogen) atoms. The van der Waals surface area contributed by atoms with Gasteiger partial charge in [-0.3, -0.25) is 9.69 Å². The monoisotopic (exact) mass is 287 g/mol. The number of carbonyl (C=O) groups excluding carboxylic acids is 1. The second-order valence-electron chi connectivity index (χ2n) is 6.14. The zero-order valence-corrected chi connectivity index (χ0v) is 12.0. The first-order chi connectivity index (χ1) is 10.1. The summed E-state index contributed by atoms with van der Waals surface area (Å²) < 4.78 is 13.6. The van der Waals surface area contributed by atoms with Gasteiger partial charge in [-0.1, -0.05) is 12.1 Å². The Balaban J connectivity index is 1.79. The highest BCUT2D eigenvalue weighted by molar-refractivity contribution is 5.97. The second kappa shape index (κ2) is 4.63. The van der Waals surface area contributed by atoms with Crippen molar-refractivity contribution in [3.63, 3.8) is 0 Å². The predicted molar refractivity (Wildman–Crippen MR) is 77.2 cm³/mol. The van der Waals surface area contributed by atoms with Crippen LogP contribution in [0.5, 0.6) is 0 Å². The van der Waals surface area contributed by atoms with E-state index in [0.717, 1.165) is 37.2 Å². The fourth-order valence-electron chi connectivity index (χ4n) is 4.00. The highest BCUT2D eigenvalue weighted by Crippen LogP contribution is 2.43. The number of fused-ring (bicyclic) bond motifs is 2. The maximum Gasteiger partial charge on any atom is 0.240 e. The van der Waals surface area contributed by atoms with E-state index >= 15 is 0 Å². The zero-order chi connectivity index (χ0) is 14.6. The molecule has 0 spiro atoms. The van der Waals surface area contributed by atoms with Gasteiger partial charge in [-0.15, -0.1) is 0 Å². The van der Waals surface area contributed by atoms with Crippen LogP contribution in [-0.4, -0.2) is 40.7 Å². The van der Waals surface area contributed by atoms with Gasteiger partial charge in [0, 0.05) is 12.8 Å². The van der Waals surface area contributed by atoms with Crippen molar-refractivity contribution in [2.24, 2.45) is 11.0 Å². The Kier molecular flexibility index (Phi) is 2.85. The zero-order valence-electron chi connectivity index (χ0n) is 12.0. The average Bonchev–Trinajstić information content (AvgIpc) is 2.91. The molecule has 0 unspecified atom stereocenters. The normalized spacial score (nSPS) is 33.8. The fourth-order valence-corrected chi connectivity index (χ4v) is 4.00. The van der Waals surface area contributed by atoms with E-state index in [1.807, 2.05) is 6.07 Å². The fraction of sp³-hybridized carbons (Fsp3) is 0.500. The minimum atomic E-state index is -0.263. The van der Waals surface area contributed by atoms with Gasteiger partial charge < -0.3 is 0 Å². The molecule has 4 heterocycles. The van der Waals surface area contributed by atoms with Crippen LogP contribution in [0.4, 0.5) is 4.39 Å². The summed E-state index contributed by atoms with van der Waals surface area (Å²) in [6.45, 7) is 3.63. The first-order valence-corrected chi connectivity index (χ1v) is 7.53. The van der Waals surface area contributed by atoms with E-state index in [4.69, 9.17) is 0 Å². The first kappa shape index (κ1) is 13.0. The Labute approximate surface area is 123 Å². The Morgan fingerprint density at radius 1 is 1.29 bits per heavy atom. The number of carbonyl (C=O) groups is 1. The third-order valence-corrected chi connectivity index (χ3v) is 4.94. The minimum Gasteiger partial charge on any atom is -0.293 e. The van der Waals surface area contributed by atoms with E-state index in [0.29, 0.717) is 5.92 Å². The van der Waals surface area contributed by atoms with Crippen LogP contribution in [0.15, 0.2) is 29.4 Å². The molecule has 0 N–H and O–H groups in total. The molecule has 3 saturated heterocycles. The lowest BCUT2D eigenvalue weighted by Crippen LogP contribution is -2.56. The van der Waals surface area contributed by atoms with Crippen molar-refractivity contribution in [3.05, 3.63) is 35.6 Å². The van der Waals surface area contributed by atoms with Gasteiger partial charge in [-0.05, 0) is 43.6 Å². The van der Waals surface area contributed by atoms with E-state index in [1.165, 1.54) is 19.1 Å². The topological polar surface area (TPSA) is 35.9 Å². The van der Waals surface area contributed by atoms with Gasteiger partial charge in [-0.2, -0.15) is 5.10 Å². The van der Waals surface area contributed by atoms with Crippen LogP contribution in [0.2, 0.25) is 0 Å². The quantitative estimate of drug-likeness (QED) is 0.793. The standard InChI is InChI=1S/C16H18FN3O/c1-10(21)20-15(12-3-2-4-13(17)9-12)16-14(18-20)11-5-7-19(16)8-6-11/h2-4,9,11,15-16H,5-8H2,1H3/t15-,16+/m0/s1. The van der Waals surface area contributed by atoms with Gasteiger partial charge in [0.15, 0.2) is 0 Å². The summed E-state index contributed by atoms with van der Waals surface area (Å²) in [6, 6.07) is 6.51. The third kappa shape index (κ3) is 1.91. The van der Waals surface area contributed by atoms with Crippen molar-refractivity contribution in [2.45, 2.75) is 31.8 Å². The van der Waals surface area contributed by atoms with Crippen LogP contribution >= 0.6 is 0 Å². The molecule has 0 aromatic heterocycles. The van der Waals surface area contributed by atoms with Gasteiger partial charge in [0.1, 0.15) is 11.9 Å². The summed E-state index contributed by atoms with van der Waals surface area (Å²) in [5.41, 5.74) is 1.96. The van der Waals surface area contributed by atoms with Crippen LogP contribution in [-0.2, 0) is 4.79 Å². The van der Waals surface area contributed by atoms with Gasteiger partial charge in [0.2, 0.25) is 5.91 Å². The molecule has 0 radical (unpaired) electrons. The molecule has 3 fully saturated rings. The Morgan fingerprint density at radius 3 is 2.71 bits per heavy atom. The summed E-state index contributed by atoms with van der Waals surface area (Å²) >= 11 is 0. The van der Waals surface area contributed by atoms with Crippen LogP contribution in [0.25, 0.3) is 0 Å². The molecule has 1 aromatic rings. The molecule has 0 saturated carbocycles. The molecule has 5 rings (SSSR count). The molecule has 4 aliphatic heterocycles. The molecular formula is C16H18FN3O. The smallest absolute Gasteiger partial charge is 0.240 e. The van der Waals surface area contributed by atoms with Crippen molar-refractivity contribution in [1.82, 2.24) is 9.91 Å². The number of benzene rings is 1. The van der Waals surface area contributed by atoms with Crippen molar-refractivity contribution in [2.75, 3.05) is 13.1 Å². The molecule has 4 nitrogen and oxygen atoms in total. The third-order valence-electron chi connectivity index (χ3n) is 4.94. The molecule has 2 bridgehead atoms. The molecular weight excluding hydrogens is 269 g/mol. The number of hydrogen-bond donors (Lipinski definition) is 0. The Hall–Kier alpha value is -1.75. The van der Waals surface area contributed by atoms with E-state index < -0.39 is 0 Å². The summed E-state index contributed by atoms with van der Waals surface area (Å²) in [6.07, 6.45) is 2.24. The van der Waals surface area contributed by atoms with E-state index in [-0.39, 0.29) is 23.8 Å². The van der Waals surface area contributed by atoms with Gasteiger partial charge in [0.25, 0.3) is 0 Å². The SMILES string of the molecule is CC(=O)N1N=C2C3CCN(CC3)[C@H]2[C@@H]1c1cccc(F)c1. The number of halogens is 1. The van der Waals surface area contributed by atoms with Crippen molar-refractivity contribution in [3.8, 4) is 0 Å². The summed E-state index contributed by atoms with van der Waals surface area (Å²) in [4.78, 5) is 14.4. The summed E-state index contributed by atoms with van der Waals surface area (Å²) in [5, 5.41) is 6.18. The molecule has 2 atom stereocenters. The van der Waals surface area contributed by atoms with Crippen LogP contribution in [0.1, 0.15) is 31.4 Å². The number of hydrogen-bond acceptors (Lipinski definition) is 3. The van der Waals surface area contributed by atoms with E-state index in [9.17, 15) is 9.18 Å². The number of rotatable bonds is 1. The van der Waals surface area contributed by atoms with E-state index in [1.54, 1.807) is 11.1 Å².